The summed E-state index contributed by atoms with van der Waals surface area (Å²) in [6.45, 7) is 5.55. The van der Waals surface area contributed by atoms with Gasteiger partial charge in [0.15, 0.2) is 0 Å². The molecule has 0 N–H and O–H groups in total. The lowest BCUT2D eigenvalue weighted by Gasteiger charge is -2.11. The fourth-order valence-corrected chi connectivity index (χ4v) is 1.97. The molecule has 17 heavy (non-hydrogen) atoms. The van der Waals surface area contributed by atoms with Crippen molar-refractivity contribution in [3.05, 3.63) is 34.4 Å². The number of carbonyl (C=O) groups excluding carboxylic acids is 1. The fourth-order valence-electron chi connectivity index (χ4n) is 1.97. The van der Waals surface area contributed by atoms with Gasteiger partial charge in [0.05, 0.1) is 0 Å². The third-order valence-corrected chi connectivity index (χ3v) is 2.61. The van der Waals surface area contributed by atoms with Crippen LogP contribution in [-0.2, 0) is 11.2 Å². The molecule has 94 valence electrons. The van der Waals surface area contributed by atoms with Crippen molar-refractivity contribution in [1.82, 2.24) is 0 Å². The van der Waals surface area contributed by atoms with E-state index in [1.165, 1.54) is 0 Å². The molecule has 0 aromatic heterocycles. The summed E-state index contributed by atoms with van der Waals surface area (Å²) < 4.78 is 36.2. The quantitative estimate of drug-likeness (QED) is 0.792. The Labute approximate surface area is 98.6 Å². The van der Waals surface area contributed by atoms with E-state index in [0.717, 1.165) is 16.7 Å². The molecule has 0 aliphatic heterocycles. The lowest BCUT2D eigenvalue weighted by molar-refractivity contribution is -0.151. The largest absolute Gasteiger partial charge is 0.395 e. The smallest absolute Gasteiger partial charge is 0.299 e. The molecule has 0 aliphatic rings. The number of halogens is 3. The van der Waals surface area contributed by atoms with Gasteiger partial charge < -0.3 is 0 Å². The van der Waals surface area contributed by atoms with E-state index in [0.29, 0.717) is 5.56 Å². The number of ketones is 1. The van der Waals surface area contributed by atoms with Crippen molar-refractivity contribution in [2.75, 3.05) is 0 Å². The fraction of sp³-hybridized carbons (Fsp3) is 0.462. The molecule has 1 aromatic carbocycles. The molecule has 0 aliphatic carbocycles. The van der Waals surface area contributed by atoms with Gasteiger partial charge in [0.2, 0.25) is 0 Å². The molecule has 0 bridgehead atoms. The normalized spacial score (nSPS) is 11.6. The van der Waals surface area contributed by atoms with Gasteiger partial charge in [-0.2, -0.15) is 13.2 Å². The van der Waals surface area contributed by atoms with Crippen molar-refractivity contribution in [3.63, 3.8) is 0 Å². The number of benzene rings is 1. The van der Waals surface area contributed by atoms with E-state index in [1.807, 2.05) is 32.9 Å². The molecule has 4 heteroatoms. The van der Waals surface area contributed by atoms with Gasteiger partial charge in [-0.3, -0.25) is 4.79 Å². The Morgan fingerprint density at radius 3 is 2.00 bits per heavy atom. The number of hydrogen-bond donors (Lipinski definition) is 0. The number of rotatable bonds is 3. The van der Waals surface area contributed by atoms with Gasteiger partial charge in [-0.1, -0.05) is 17.7 Å². The standard InChI is InChI=1S/C13H15F3O/c1-8-4-9(2)12(10(3)5-8)6-11(17)7-13(14,15)16/h4-5H,6-7H2,1-3H3. The number of alkyl halides is 3. The molecule has 0 spiro atoms. The van der Waals surface area contributed by atoms with Crippen molar-refractivity contribution in [2.45, 2.75) is 39.8 Å². The Kier molecular flexibility index (Phi) is 3.96. The van der Waals surface area contributed by atoms with E-state index in [2.05, 4.69) is 0 Å². The predicted molar refractivity (Wildman–Crippen MR) is 60.0 cm³/mol. The van der Waals surface area contributed by atoms with Crippen LogP contribution in [0.4, 0.5) is 13.2 Å². The van der Waals surface area contributed by atoms with Gasteiger partial charge in [0.25, 0.3) is 0 Å². The highest BCUT2D eigenvalue weighted by molar-refractivity contribution is 5.82. The van der Waals surface area contributed by atoms with Crippen LogP contribution in [0.3, 0.4) is 0 Å². The molecule has 0 fully saturated rings. The van der Waals surface area contributed by atoms with Crippen molar-refractivity contribution < 1.29 is 18.0 Å². The Bertz CT molecular complexity index is 410. The average molecular weight is 244 g/mol. The maximum Gasteiger partial charge on any atom is 0.395 e. The van der Waals surface area contributed by atoms with E-state index < -0.39 is 18.4 Å². The zero-order chi connectivity index (χ0) is 13.2. The first kappa shape index (κ1) is 13.7. The SMILES string of the molecule is Cc1cc(C)c(CC(=O)CC(F)(F)F)c(C)c1. The molecule has 0 saturated heterocycles. The van der Waals surface area contributed by atoms with Crippen LogP contribution in [0.1, 0.15) is 28.7 Å². The highest BCUT2D eigenvalue weighted by atomic mass is 19.4. The van der Waals surface area contributed by atoms with E-state index >= 15 is 0 Å². The minimum atomic E-state index is -4.41. The van der Waals surface area contributed by atoms with Crippen LogP contribution in [0.2, 0.25) is 0 Å². The van der Waals surface area contributed by atoms with Gasteiger partial charge in [-0.15, -0.1) is 0 Å². The molecule has 0 amide bonds. The van der Waals surface area contributed by atoms with Crippen molar-refractivity contribution >= 4 is 5.78 Å². The maximum atomic E-state index is 12.1. The van der Waals surface area contributed by atoms with Gasteiger partial charge in [-0.25, -0.2) is 0 Å². The molecule has 0 atom stereocenters. The predicted octanol–water partition coefficient (Wildman–Crippen LogP) is 3.68. The second-order valence-corrected chi connectivity index (χ2v) is 4.38. The number of hydrogen-bond acceptors (Lipinski definition) is 1. The summed E-state index contributed by atoms with van der Waals surface area (Å²) in [4.78, 5) is 11.3. The van der Waals surface area contributed by atoms with Crippen LogP contribution >= 0.6 is 0 Å². The minimum absolute atomic E-state index is 0.141. The van der Waals surface area contributed by atoms with Crippen LogP contribution in [0.15, 0.2) is 12.1 Å². The molecule has 1 aromatic rings. The molecular formula is C13H15F3O. The molecule has 0 unspecified atom stereocenters. The van der Waals surface area contributed by atoms with Crippen LogP contribution < -0.4 is 0 Å². The topological polar surface area (TPSA) is 17.1 Å². The molecule has 0 saturated carbocycles. The summed E-state index contributed by atoms with van der Waals surface area (Å²) in [6, 6.07) is 3.76. The first-order valence-electron chi connectivity index (χ1n) is 5.34. The summed E-state index contributed by atoms with van der Waals surface area (Å²) in [6.07, 6.45) is -5.90. The Hall–Kier alpha value is -1.32. The number of carbonyl (C=O) groups is 1. The first-order valence-corrected chi connectivity index (χ1v) is 5.34. The van der Waals surface area contributed by atoms with Gasteiger partial charge in [-0.05, 0) is 37.5 Å². The van der Waals surface area contributed by atoms with Crippen LogP contribution in [0, 0.1) is 20.8 Å². The van der Waals surface area contributed by atoms with E-state index in [1.54, 1.807) is 0 Å². The summed E-state index contributed by atoms with van der Waals surface area (Å²) in [7, 11) is 0. The van der Waals surface area contributed by atoms with Crippen molar-refractivity contribution in [3.8, 4) is 0 Å². The molecule has 0 radical (unpaired) electrons. The second kappa shape index (κ2) is 4.90. The Balaban J connectivity index is 2.86. The molecule has 1 rings (SSSR count). The van der Waals surface area contributed by atoms with Gasteiger partial charge >= 0.3 is 6.18 Å². The van der Waals surface area contributed by atoms with Crippen LogP contribution in [-0.4, -0.2) is 12.0 Å². The Morgan fingerprint density at radius 2 is 1.59 bits per heavy atom. The molecule has 0 heterocycles. The monoisotopic (exact) mass is 244 g/mol. The third kappa shape index (κ3) is 4.21. The third-order valence-electron chi connectivity index (χ3n) is 2.61. The maximum absolute atomic E-state index is 12.1. The van der Waals surface area contributed by atoms with E-state index in [9.17, 15) is 18.0 Å². The summed E-state index contributed by atoms with van der Waals surface area (Å²) in [5.41, 5.74) is 3.51. The lowest BCUT2D eigenvalue weighted by atomic mass is 9.95. The van der Waals surface area contributed by atoms with Crippen LogP contribution in [0.5, 0.6) is 0 Å². The zero-order valence-electron chi connectivity index (χ0n) is 10.1. The highest BCUT2D eigenvalue weighted by Gasteiger charge is 2.31. The minimum Gasteiger partial charge on any atom is -0.299 e. The summed E-state index contributed by atoms with van der Waals surface area (Å²) in [5.74, 6) is -0.785. The lowest BCUT2D eigenvalue weighted by Crippen LogP contribution is -2.17. The first-order chi connectivity index (χ1) is 7.69. The number of Topliss-reactive ketones (excluding diaryl/α,β-unsaturated/α-hetero) is 1. The molecular weight excluding hydrogens is 229 g/mol. The van der Waals surface area contributed by atoms with E-state index in [-0.39, 0.29) is 6.42 Å². The van der Waals surface area contributed by atoms with Crippen molar-refractivity contribution in [1.29, 1.82) is 0 Å². The number of aryl methyl sites for hydroxylation is 3. The van der Waals surface area contributed by atoms with Crippen LogP contribution in [0.25, 0.3) is 0 Å². The molecule has 1 nitrogen and oxygen atoms in total. The Morgan fingerprint density at radius 1 is 1.12 bits per heavy atom. The zero-order valence-corrected chi connectivity index (χ0v) is 10.1. The van der Waals surface area contributed by atoms with Gasteiger partial charge in [0.1, 0.15) is 12.2 Å². The van der Waals surface area contributed by atoms with Gasteiger partial charge in [0, 0.05) is 6.42 Å². The summed E-state index contributed by atoms with van der Waals surface area (Å²) in [5, 5.41) is 0. The van der Waals surface area contributed by atoms with Crippen molar-refractivity contribution in [2.24, 2.45) is 0 Å². The summed E-state index contributed by atoms with van der Waals surface area (Å²) >= 11 is 0. The average Bonchev–Trinajstić information content (AvgIpc) is 2.08. The highest BCUT2D eigenvalue weighted by Crippen LogP contribution is 2.23. The second-order valence-electron chi connectivity index (χ2n) is 4.38. The van der Waals surface area contributed by atoms with E-state index in [4.69, 9.17) is 0 Å².